The highest BCUT2D eigenvalue weighted by Crippen LogP contribution is 2.26. The number of rotatable bonds is 6. The van der Waals surface area contributed by atoms with E-state index in [4.69, 9.17) is 10.3 Å². The van der Waals surface area contributed by atoms with Gasteiger partial charge >= 0.3 is 6.09 Å². The topological polar surface area (TPSA) is 159 Å². The lowest BCUT2D eigenvalue weighted by atomic mass is 10.0. The van der Waals surface area contributed by atoms with Crippen molar-refractivity contribution < 1.29 is 14.3 Å². The Balaban J connectivity index is 0.000000208. The van der Waals surface area contributed by atoms with Crippen LogP contribution in [0, 0.1) is 18.8 Å². The summed E-state index contributed by atoms with van der Waals surface area (Å²) in [5.41, 5.74) is 13.7. The van der Waals surface area contributed by atoms with E-state index in [0.29, 0.717) is 37.7 Å². The number of hydrogen-bond donors (Lipinski definition) is 1. The molecule has 2 amide bonds. The monoisotopic (exact) mass is 729 g/mol. The summed E-state index contributed by atoms with van der Waals surface area (Å²) in [6.45, 7) is 11.2. The standard InChI is InChI=1S/C18H15NO.C11H12N4.C11H19NO2.C2H5N3/c1-2-18(20)19-13-16-9-4-3-7-14(16)11-12-15-8-5-6-10-17(15)19;1-3-9-4-6-10(7-5-9)11-14-12-8(2)13-15-11;1-2-12-11(13)14-10-8-6-4-3-5-7-9-10;1-2-4-5-3/h3-10H,2,13H2,1H3;4-7H,3H2,1-2H3;3-4,10H,2,5-9H2,1H3,(H,12,13);2H2,1H3/b;;4-3+;. The first-order chi connectivity index (χ1) is 26.3. The van der Waals surface area contributed by atoms with Gasteiger partial charge in [0.05, 0.1) is 12.2 Å². The third kappa shape index (κ3) is 14.5. The predicted molar refractivity (Wildman–Crippen MR) is 213 cm³/mol. The minimum absolute atomic E-state index is 0.103. The Bertz CT molecular complexity index is 1890. The zero-order chi connectivity index (χ0) is 39.0. The molecule has 1 unspecified atom stereocenters. The van der Waals surface area contributed by atoms with Crippen molar-refractivity contribution in [3.05, 3.63) is 123 Å². The first-order valence-corrected chi connectivity index (χ1v) is 18.6. The molecule has 1 N–H and O–H groups in total. The second kappa shape index (κ2) is 24.2. The Labute approximate surface area is 319 Å². The third-order valence-electron chi connectivity index (χ3n) is 8.19. The maximum Gasteiger partial charge on any atom is 0.407 e. The number of nitrogens with zero attached hydrogens (tertiary/aromatic N) is 8. The van der Waals surface area contributed by atoms with Crippen LogP contribution in [0.2, 0.25) is 0 Å². The number of carbonyl (C=O) groups excluding carboxylic acids is 2. The molecule has 0 bridgehead atoms. The fourth-order valence-corrected chi connectivity index (χ4v) is 5.33. The van der Waals surface area contributed by atoms with Crippen molar-refractivity contribution in [2.45, 2.75) is 92.2 Å². The predicted octanol–water partition coefficient (Wildman–Crippen LogP) is 9.09. The van der Waals surface area contributed by atoms with Crippen LogP contribution >= 0.6 is 0 Å². The number of alkyl carbamates (subject to hydrolysis) is 1. The van der Waals surface area contributed by atoms with Crippen molar-refractivity contribution >= 4 is 17.7 Å². The number of benzene rings is 3. The van der Waals surface area contributed by atoms with Crippen molar-refractivity contribution in [1.29, 1.82) is 0 Å². The van der Waals surface area contributed by atoms with E-state index in [1.165, 1.54) is 5.56 Å². The fraction of sp³-hybridized carbons (Fsp3) is 0.381. The Morgan fingerprint density at radius 3 is 2.20 bits per heavy atom. The number of nitrogens with one attached hydrogen (secondary N) is 1. The molecule has 0 radical (unpaired) electrons. The normalized spacial score (nSPS) is 14.3. The molecule has 0 saturated carbocycles. The largest absolute Gasteiger partial charge is 0.446 e. The Kier molecular flexibility index (Phi) is 19.0. The van der Waals surface area contributed by atoms with Gasteiger partial charge in [-0.2, -0.15) is 0 Å². The zero-order valence-corrected chi connectivity index (χ0v) is 32.0. The summed E-state index contributed by atoms with van der Waals surface area (Å²) >= 11 is 0. The van der Waals surface area contributed by atoms with E-state index in [0.717, 1.165) is 66.5 Å². The lowest BCUT2D eigenvalue weighted by Gasteiger charge is -2.25. The minimum Gasteiger partial charge on any atom is -0.446 e. The average Bonchev–Trinajstić information content (AvgIpc) is 3.18. The second-order valence-electron chi connectivity index (χ2n) is 12.2. The van der Waals surface area contributed by atoms with Gasteiger partial charge < -0.3 is 15.0 Å². The van der Waals surface area contributed by atoms with E-state index in [1.807, 2.05) is 79.4 Å². The molecule has 2 heterocycles. The van der Waals surface area contributed by atoms with Gasteiger partial charge in [0.2, 0.25) is 11.7 Å². The number of para-hydroxylation sites is 1. The van der Waals surface area contributed by atoms with Gasteiger partial charge in [0.1, 0.15) is 6.10 Å². The first kappa shape index (κ1) is 42.4. The fourth-order valence-electron chi connectivity index (χ4n) is 5.33. The molecule has 12 nitrogen and oxygen atoms in total. The summed E-state index contributed by atoms with van der Waals surface area (Å²) in [6.07, 6.45) is 10.9. The molecule has 0 spiro atoms. The van der Waals surface area contributed by atoms with Gasteiger partial charge in [-0.05, 0) is 87.2 Å². The van der Waals surface area contributed by atoms with E-state index in [1.54, 1.807) is 13.8 Å². The van der Waals surface area contributed by atoms with Crippen LogP contribution in [0.4, 0.5) is 10.5 Å². The van der Waals surface area contributed by atoms with Crippen LogP contribution in [0.25, 0.3) is 21.8 Å². The van der Waals surface area contributed by atoms with Crippen LogP contribution in [0.15, 0.2) is 90.1 Å². The molecular weight excluding hydrogens is 679 g/mol. The number of aryl methyl sites for hydroxylation is 2. The summed E-state index contributed by atoms with van der Waals surface area (Å²) in [6, 6.07) is 24.0. The van der Waals surface area contributed by atoms with Crippen molar-refractivity contribution in [2.24, 2.45) is 5.11 Å². The zero-order valence-electron chi connectivity index (χ0n) is 32.0. The molecule has 1 aromatic heterocycles. The van der Waals surface area contributed by atoms with Crippen molar-refractivity contribution in [3.63, 3.8) is 0 Å². The molecule has 1 aliphatic heterocycles. The number of carbonyl (C=O) groups is 2. The molecule has 2 aliphatic rings. The SMILES string of the molecule is CCC(=O)N1Cc2ccccc2C#Cc2ccccc21.CCN=[N+]=[N-].CCNC(=O)OC1CC/C=C/CCC1.CCc1ccc(-c2nnc(C)nn2)cc1. The highest BCUT2D eigenvalue weighted by molar-refractivity contribution is 5.94. The van der Waals surface area contributed by atoms with E-state index < -0.39 is 0 Å². The van der Waals surface area contributed by atoms with Gasteiger partial charge in [-0.1, -0.05) is 104 Å². The maximum atomic E-state index is 12.3. The average molecular weight is 730 g/mol. The third-order valence-corrected chi connectivity index (χ3v) is 8.19. The molecule has 6 rings (SSSR count). The van der Waals surface area contributed by atoms with Gasteiger partial charge in [-0.15, -0.1) is 20.4 Å². The van der Waals surface area contributed by atoms with Gasteiger partial charge in [-0.25, -0.2) is 4.79 Å². The number of amides is 2. The summed E-state index contributed by atoms with van der Waals surface area (Å²) in [5, 5.41) is 21.5. The lowest BCUT2D eigenvalue weighted by Crippen LogP contribution is -2.31. The number of allylic oxidation sites excluding steroid dienone is 2. The number of hydrogen-bond acceptors (Lipinski definition) is 8. The van der Waals surface area contributed by atoms with Crippen LogP contribution in [0.5, 0.6) is 0 Å². The Morgan fingerprint density at radius 1 is 0.889 bits per heavy atom. The minimum atomic E-state index is -0.276. The second-order valence-corrected chi connectivity index (χ2v) is 12.2. The van der Waals surface area contributed by atoms with E-state index in [2.05, 4.69) is 78.8 Å². The van der Waals surface area contributed by atoms with Gasteiger partial charge in [0, 0.05) is 41.1 Å². The lowest BCUT2D eigenvalue weighted by molar-refractivity contribution is -0.118. The molecule has 54 heavy (non-hydrogen) atoms. The van der Waals surface area contributed by atoms with Gasteiger partial charge in [-0.3, -0.25) is 4.79 Å². The highest BCUT2D eigenvalue weighted by Gasteiger charge is 2.19. The number of aromatic nitrogens is 4. The summed E-state index contributed by atoms with van der Waals surface area (Å²) < 4.78 is 5.28. The highest BCUT2D eigenvalue weighted by atomic mass is 16.6. The summed E-state index contributed by atoms with van der Waals surface area (Å²) in [7, 11) is 0. The molecule has 3 aromatic carbocycles. The summed E-state index contributed by atoms with van der Waals surface area (Å²) in [5.74, 6) is 7.68. The quantitative estimate of drug-likeness (QED) is 0.0681. The van der Waals surface area contributed by atoms with E-state index in [9.17, 15) is 9.59 Å². The molecule has 12 heteroatoms. The molecule has 0 fully saturated rings. The van der Waals surface area contributed by atoms with Crippen LogP contribution in [0.3, 0.4) is 0 Å². The number of ether oxygens (including phenoxy) is 1. The van der Waals surface area contributed by atoms with Gasteiger partial charge in [0.25, 0.3) is 0 Å². The van der Waals surface area contributed by atoms with E-state index >= 15 is 0 Å². The summed E-state index contributed by atoms with van der Waals surface area (Å²) in [4.78, 5) is 27.8. The molecule has 0 saturated heterocycles. The van der Waals surface area contributed by atoms with Crippen LogP contribution in [0.1, 0.15) is 94.3 Å². The molecule has 1 aliphatic carbocycles. The first-order valence-electron chi connectivity index (χ1n) is 18.6. The molecule has 282 valence electrons. The van der Waals surface area contributed by atoms with Crippen molar-refractivity contribution in [3.8, 4) is 23.2 Å². The van der Waals surface area contributed by atoms with E-state index in [-0.39, 0.29) is 18.1 Å². The molecule has 1 atom stereocenters. The Hall–Kier alpha value is -6.05. The van der Waals surface area contributed by atoms with Gasteiger partial charge in [0.15, 0.2) is 5.82 Å². The maximum absolute atomic E-state index is 12.3. The van der Waals surface area contributed by atoms with Crippen molar-refractivity contribution in [2.75, 3.05) is 18.0 Å². The van der Waals surface area contributed by atoms with Crippen molar-refractivity contribution in [1.82, 2.24) is 25.7 Å². The van der Waals surface area contributed by atoms with Crippen LogP contribution in [-0.4, -0.2) is 51.6 Å². The number of fused-ring (bicyclic) bond motifs is 2. The molecular formula is C42H51N9O3. The number of anilines is 1. The molecule has 4 aromatic rings. The Morgan fingerprint density at radius 2 is 1.56 bits per heavy atom. The smallest absolute Gasteiger partial charge is 0.407 e. The van der Waals surface area contributed by atoms with Crippen LogP contribution in [-0.2, 0) is 22.5 Å². The number of azide groups is 1. The van der Waals surface area contributed by atoms with Crippen LogP contribution < -0.4 is 10.2 Å².